The van der Waals surface area contributed by atoms with Crippen molar-refractivity contribution in [3.63, 3.8) is 0 Å². The van der Waals surface area contributed by atoms with Crippen LogP contribution in [0.4, 0.5) is 4.39 Å². The SMILES string of the molecule is CCOc1ccc(-n2nc3c(-c4cccc(CCN(C)C)c4)nnc(C)c3c2C)c(F)c1. The van der Waals surface area contributed by atoms with E-state index in [-0.39, 0.29) is 0 Å². The summed E-state index contributed by atoms with van der Waals surface area (Å²) >= 11 is 0. The van der Waals surface area contributed by atoms with Crippen molar-refractivity contribution < 1.29 is 9.13 Å². The van der Waals surface area contributed by atoms with Gasteiger partial charge in [0.15, 0.2) is 5.82 Å². The van der Waals surface area contributed by atoms with Crippen LogP contribution in [0.1, 0.15) is 23.9 Å². The lowest BCUT2D eigenvalue weighted by molar-refractivity contribution is 0.338. The van der Waals surface area contributed by atoms with Gasteiger partial charge in [-0.15, -0.1) is 5.10 Å². The van der Waals surface area contributed by atoms with Gasteiger partial charge in [-0.05, 0) is 65.0 Å². The number of aromatic nitrogens is 4. The van der Waals surface area contributed by atoms with Crippen molar-refractivity contribution in [1.82, 2.24) is 24.9 Å². The van der Waals surface area contributed by atoms with Gasteiger partial charge >= 0.3 is 0 Å². The Morgan fingerprint density at radius 3 is 2.59 bits per heavy atom. The Labute approximate surface area is 187 Å². The third kappa shape index (κ3) is 4.21. The standard InChI is InChI=1S/C25H28FN5O/c1-6-32-20-10-11-22(21(26)15-20)31-17(3)23-16(2)27-28-24(25(23)29-31)19-9-7-8-18(14-19)12-13-30(4)5/h7-11,14-15H,6,12-13H2,1-5H3. The molecule has 32 heavy (non-hydrogen) atoms. The first-order chi connectivity index (χ1) is 15.4. The Kier molecular flexibility index (Phi) is 6.19. The number of hydrogen-bond donors (Lipinski definition) is 0. The van der Waals surface area contributed by atoms with Gasteiger partial charge < -0.3 is 9.64 Å². The number of nitrogens with zero attached hydrogens (tertiary/aromatic N) is 5. The Morgan fingerprint density at radius 2 is 1.88 bits per heavy atom. The van der Waals surface area contributed by atoms with E-state index in [4.69, 9.17) is 9.84 Å². The highest BCUT2D eigenvalue weighted by atomic mass is 19.1. The minimum Gasteiger partial charge on any atom is -0.494 e. The summed E-state index contributed by atoms with van der Waals surface area (Å²) < 4.78 is 22.0. The molecule has 0 radical (unpaired) electrons. The second kappa shape index (κ2) is 9.04. The highest BCUT2D eigenvalue weighted by molar-refractivity contribution is 5.94. The summed E-state index contributed by atoms with van der Waals surface area (Å²) in [5.41, 5.74) is 5.55. The molecule has 166 valence electrons. The minimum atomic E-state index is -0.391. The summed E-state index contributed by atoms with van der Waals surface area (Å²) in [6, 6.07) is 13.1. The lowest BCUT2D eigenvalue weighted by atomic mass is 10.0. The molecule has 2 aromatic heterocycles. The number of fused-ring (bicyclic) bond motifs is 1. The zero-order valence-corrected chi connectivity index (χ0v) is 19.2. The van der Waals surface area contributed by atoms with Crippen molar-refractivity contribution in [3.8, 4) is 22.7 Å². The summed E-state index contributed by atoms with van der Waals surface area (Å²) in [5, 5.41) is 14.5. The van der Waals surface area contributed by atoms with Crippen molar-refractivity contribution >= 4 is 10.9 Å². The lowest BCUT2D eigenvalue weighted by Gasteiger charge is -2.10. The largest absolute Gasteiger partial charge is 0.494 e. The van der Waals surface area contributed by atoms with Gasteiger partial charge in [0.25, 0.3) is 0 Å². The average Bonchev–Trinajstić information content (AvgIpc) is 3.11. The molecule has 0 amide bonds. The van der Waals surface area contributed by atoms with Crippen molar-refractivity contribution in [1.29, 1.82) is 0 Å². The predicted molar refractivity (Wildman–Crippen MR) is 125 cm³/mol. The Hall–Kier alpha value is -3.32. The van der Waals surface area contributed by atoms with E-state index in [9.17, 15) is 4.39 Å². The molecule has 0 saturated carbocycles. The second-order valence-electron chi connectivity index (χ2n) is 8.15. The maximum Gasteiger partial charge on any atom is 0.152 e. The van der Waals surface area contributed by atoms with Gasteiger partial charge in [0.05, 0.1) is 18.0 Å². The monoisotopic (exact) mass is 433 g/mol. The number of aryl methyl sites for hydroxylation is 2. The van der Waals surface area contributed by atoms with E-state index < -0.39 is 5.82 Å². The number of hydrogen-bond acceptors (Lipinski definition) is 5. The van der Waals surface area contributed by atoms with Gasteiger partial charge in [-0.3, -0.25) is 0 Å². The van der Waals surface area contributed by atoms with Crippen LogP contribution in [-0.4, -0.2) is 52.1 Å². The van der Waals surface area contributed by atoms with Crippen LogP contribution in [0, 0.1) is 19.7 Å². The van der Waals surface area contributed by atoms with E-state index >= 15 is 0 Å². The van der Waals surface area contributed by atoms with Crippen LogP contribution in [0.15, 0.2) is 42.5 Å². The van der Waals surface area contributed by atoms with E-state index in [2.05, 4.69) is 41.3 Å². The number of rotatable bonds is 7. The molecule has 4 rings (SSSR count). The van der Waals surface area contributed by atoms with Gasteiger partial charge in [-0.1, -0.05) is 18.2 Å². The second-order valence-corrected chi connectivity index (χ2v) is 8.15. The Morgan fingerprint density at radius 1 is 1.06 bits per heavy atom. The van der Waals surface area contributed by atoms with Crippen LogP contribution in [0.25, 0.3) is 27.8 Å². The molecule has 0 saturated heterocycles. The average molecular weight is 434 g/mol. The third-order valence-electron chi connectivity index (χ3n) is 5.51. The van der Waals surface area contributed by atoms with Crippen molar-refractivity contribution in [2.24, 2.45) is 0 Å². The fraction of sp³-hybridized carbons (Fsp3) is 0.320. The summed E-state index contributed by atoms with van der Waals surface area (Å²) in [4.78, 5) is 2.16. The van der Waals surface area contributed by atoms with Gasteiger partial charge in [0.2, 0.25) is 0 Å². The Balaban J connectivity index is 1.83. The van der Waals surface area contributed by atoms with Crippen LogP contribution < -0.4 is 4.74 Å². The molecule has 0 aliphatic rings. The van der Waals surface area contributed by atoms with E-state index in [1.165, 1.54) is 11.6 Å². The number of likely N-dealkylation sites (N-methyl/N-ethyl adjacent to an activating group) is 1. The van der Waals surface area contributed by atoms with Gasteiger partial charge in [0.1, 0.15) is 22.6 Å². The first-order valence-electron chi connectivity index (χ1n) is 10.8. The molecule has 2 aromatic carbocycles. The smallest absolute Gasteiger partial charge is 0.152 e. The molecule has 0 bridgehead atoms. The van der Waals surface area contributed by atoms with Crippen LogP contribution in [0.3, 0.4) is 0 Å². The maximum atomic E-state index is 14.9. The highest BCUT2D eigenvalue weighted by Crippen LogP contribution is 2.31. The van der Waals surface area contributed by atoms with E-state index in [0.717, 1.165) is 35.3 Å². The fourth-order valence-electron chi connectivity index (χ4n) is 3.90. The molecule has 6 nitrogen and oxygen atoms in total. The van der Waals surface area contributed by atoms with Crippen molar-refractivity contribution in [2.45, 2.75) is 27.2 Å². The number of ether oxygens (including phenoxy) is 1. The topological polar surface area (TPSA) is 56.1 Å². The maximum absolute atomic E-state index is 14.9. The molecule has 0 aliphatic carbocycles. The molecule has 0 N–H and O–H groups in total. The zero-order chi connectivity index (χ0) is 22.8. The van der Waals surface area contributed by atoms with Gasteiger partial charge in [0, 0.05) is 23.6 Å². The Bertz CT molecular complexity index is 1260. The predicted octanol–water partition coefficient (Wildman–Crippen LogP) is 4.74. The summed E-state index contributed by atoms with van der Waals surface area (Å²) in [5.74, 6) is 0.107. The molecule has 0 unspecified atom stereocenters. The van der Waals surface area contributed by atoms with E-state index in [0.29, 0.717) is 29.3 Å². The molecule has 0 spiro atoms. The summed E-state index contributed by atoms with van der Waals surface area (Å²) in [6.07, 6.45) is 0.939. The molecule has 7 heteroatoms. The van der Waals surface area contributed by atoms with Crippen LogP contribution >= 0.6 is 0 Å². The van der Waals surface area contributed by atoms with E-state index in [1.807, 2.05) is 32.9 Å². The summed E-state index contributed by atoms with van der Waals surface area (Å²) in [7, 11) is 4.13. The van der Waals surface area contributed by atoms with E-state index in [1.54, 1.807) is 16.8 Å². The molecule has 0 atom stereocenters. The zero-order valence-electron chi connectivity index (χ0n) is 19.2. The van der Waals surface area contributed by atoms with Crippen LogP contribution in [-0.2, 0) is 6.42 Å². The van der Waals surface area contributed by atoms with Gasteiger partial charge in [-0.2, -0.15) is 10.2 Å². The minimum absolute atomic E-state index is 0.368. The molecule has 4 aromatic rings. The number of halogens is 1. The number of benzene rings is 2. The molecular formula is C25H28FN5O. The summed E-state index contributed by atoms with van der Waals surface area (Å²) in [6.45, 7) is 7.15. The lowest BCUT2D eigenvalue weighted by Crippen LogP contribution is -2.15. The molecular weight excluding hydrogens is 405 g/mol. The van der Waals surface area contributed by atoms with Gasteiger partial charge in [-0.25, -0.2) is 9.07 Å². The highest BCUT2D eigenvalue weighted by Gasteiger charge is 2.20. The first kappa shape index (κ1) is 21.9. The third-order valence-corrected chi connectivity index (χ3v) is 5.51. The molecule has 2 heterocycles. The molecule has 0 aliphatic heterocycles. The fourth-order valence-corrected chi connectivity index (χ4v) is 3.90. The normalized spacial score (nSPS) is 11.5. The van der Waals surface area contributed by atoms with Crippen molar-refractivity contribution in [2.75, 3.05) is 27.2 Å². The van der Waals surface area contributed by atoms with Crippen LogP contribution in [0.5, 0.6) is 5.75 Å². The molecule has 0 fully saturated rings. The quantitative estimate of drug-likeness (QED) is 0.421. The van der Waals surface area contributed by atoms with Crippen LogP contribution in [0.2, 0.25) is 0 Å². The first-order valence-corrected chi connectivity index (χ1v) is 10.8. The van der Waals surface area contributed by atoms with Crippen molar-refractivity contribution in [3.05, 3.63) is 65.2 Å².